The molecule has 0 spiro atoms. The number of aromatic nitrogens is 1. The Bertz CT molecular complexity index is 941. The molecule has 2 aromatic rings. The van der Waals surface area contributed by atoms with E-state index >= 15 is 0 Å². The number of nitrogens with one attached hydrogen (secondary N) is 2. The summed E-state index contributed by atoms with van der Waals surface area (Å²) in [5.74, 6) is -0.880. The lowest BCUT2D eigenvalue weighted by atomic mass is 9.92. The van der Waals surface area contributed by atoms with Gasteiger partial charge >= 0.3 is 6.03 Å². The Morgan fingerprint density at radius 1 is 1.21 bits per heavy atom. The molecular weight excluding hydrogens is 370 g/mol. The molecule has 2 fully saturated rings. The summed E-state index contributed by atoms with van der Waals surface area (Å²) in [6, 6.07) is 12.6. The normalized spacial score (nSPS) is 24.8. The van der Waals surface area contributed by atoms with E-state index in [0.717, 1.165) is 30.1 Å². The first kappa shape index (κ1) is 19.2. The van der Waals surface area contributed by atoms with Gasteiger partial charge in [-0.3, -0.25) is 19.9 Å². The number of benzene rings is 1. The molecule has 0 radical (unpaired) electrons. The number of hydrazine groups is 1. The SMILES string of the molecule is Cn1cccc1[C@H]1CCCN1CC(=O)NN1C(=O)N[C@@](C)(c2ccccc2)C1=O. The summed E-state index contributed by atoms with van der Waals surface area (Å²) in [6.07, 6.45) is 3.96. The predicted octanol–water partition coefficient (Wildman–Crippen LogP) is 1.66. The molecule has 3 heterocycles. The Labute approximate surface area is 169 Å². The number of hydrogen-bond donors (Lipinski definition) is 2. The number of rotatable bonds is 5. The standard InChI is InChI=1S/C21H25N5O3/c1-21(15-8-4-3-5-9-15)19(28)26(20(29)22-21)23-18(27)14-25-13-7-11-17(25)16-10-6-12-24(16)2/h3-6,8-10,12,17H,7,11,13-14H2,1-2H3,(H,22,29)(H,23,27)/t17-,21+/m1/s1. The van der Waals surface area contributed by atoms with Crippen molar-refractivity contribution in [2.75, 3.05) is 13.1 Å². The second-order valence-electron chi connectivity index (χ2n) is 7.77. The van der Waals surface area contributed by atoms with Crippen molar-refractivity contribution in [2.24, 2.45) is 7.05 Å². The summed E-state index contributed by atoms with van der Waals surface area (Å²) in [5.41, 5.74) is 3.11. The first-order valence-electron chi connectivity index (χ1n) is 9.77. The van der Waals surface area contributed by atoms with Gasteiger partial charge in [0.1, 0.15) is 5.54 Å². The van der Waals surface area contributed by atoms with Gasteiger partial charge in [0.05, 0.1) is 12.6 Å². The summed E-state index contributed by atoms with van der Waals surface area (Å²) in [7, 11) is 1.99. The summed E-state index contributed by atoms with van der Waals surface area (Å²) in [4.78, 5) is 40.1. The van der Waals surface area contributed by atoms with Crippen LogP contribution in [-0.4, -0.2) is 45.4 Å². The molecule has 1 aromatic heterocycles. The van der Waals surface area contributed by atoms with Crippen LogP contribution in [0.25, 0.3) is 0 Å². The Balaban J connectivity index is 1.44. The van der Waals surface area contributed by atoms with E-state index in [0.29, 0.717) is 5.56 Å². The molecule has 4 rings (SSSR count). The van der Waals surface area contributed by atoms with Crippen molar-refractivity contribution in [3.05, 3.63) is 59.9 Å². The summed E-state index contributed by atoms with van der Waals surface area (Å²) < 4.78 is 2.06. The zero-order chi connectivity index (χ0) is 20.6. The van der Waals surface area contributed by atoms with Crippen molar-refractivity contribution in [3.8, 4) is 0 Å². The molecule has 0 bridgehead atoms. The molecule has 0 aliphatic carbocycles. The largest absolute Gasteiger partial charge is 0.353 e. The van der Waals surface area contributed by atoms with Crippen molar-refractivity contribution in [1.82, 2.24) is 25.2 Å². The van der Waals surface area contributed by atoms with Crippen LogP contribution in [0.1, 0.15) is 37.1 Å². The lowest BCUT2D eigenvalue weighted by molar-refractivity contribution is -0.139. The van der Waals surface area contributed by atoms with Crippen LogP contribution >= 0.6 is 0 Å². The van der Waals surface area contributed by atoms with E-state index < -0.39 is 17.5 Å². The van der Waals surface area contributed by atoms with Gasteiger partial charge < -0.3 is 9.88 Å². The smallest absolute Gasteiger partial charge is 0.344 e. The fourth-order valence-corrected chi connectivity index (χ4v) is 4.22. The van der Waals surface area contributed by atoms with Crippen molar-refractivity contribution in [2.45, 2.75) is 31.3 Å². The highest BCUT2D eigenvalue weighted by molar-refractivity contribution is 6.08. The molecule has 8 heteroatoms. The van der Waals surface area contributed by atoms with Gasteiger partial charge in [0, 0.05) is 18.9 Å². The fraction of sp³-hybridized carbons (Fsp3) is 0.381. The van der Waals surface area contributed by atoms with E-state index in [2.05, 4.69) is 26.3 Å². The van der Waals surface area contributed by atoms with Gasteiger partial charge in [-0.05, 0) is 44.0 Å². The molecule has 2 N–H and O–H groups in total. The third kappa shape index (κ3) is 3.40. The van der Waals surface area contributed by atoms with Crippen LogP contribution < -0.4 is 10.7 Å². The highest BCUT2D eigenvalue weighted by Gasteiger charge is 2.50. The van der Waals surface area contributed by atoms with Crippen molar-refractivity contribution in [3.63, 3.8) is 0 Å². The molecule has 1 aromatic carbocycles. The average Bonchev–Trinajstić information content (AvgIpc) is 3.38. The van der Waals surface area contributed by atoms with Crippen molar-refractivity contribution < 1.29 is 14.4 Å². The third-order valence-corrected chi connectivity index (χ3v) is 5.81. The van der Waals surface area contributed by atoms with Crippen molar-refractivity contribution >= 4 is 17.8 Å². The van der Waals surface area contributed by atoms with Gasteiger partial charge in [0.2, 0.25) is 0 Å². The minimum absolute atomic E-state index is 0.120. The van der Waals surface area contributed by atoms with Crippen LogP contribution in [0.3, 0.4) is 0 Å². The molecule has 152 valence electrons. The topological polar surface area (TPSA) is 86.7 Å². The molecule has 2 atom stereocenters. The van der Waals surface area contributed by atoms with Gasteiger partial charge in [-0.1, -0.05) is 30.3 Å². The van der Waals surface area contributed by atoms with E-state index in [1.807, 2.05) is 25.4 Å². The molecule has 0 saturated carbocycles. The third-order valence-electron chi connectivity index (χ3n) is 5.81. The quantitative estimate of drug-likeness (QED) is 0.754. The van der Waals surface area contributed by atoms with Crippen LogP contribution in [0.15, 0.2) is 48.7 Å². The van der Waals surface area contributed by atoms with Crippen LogP contribution in [0, 0.1) is 0 Å². The van der Waals surface area contributed by atoms with Crippen LogP contribution in [0.5, 0.6) is 0 Å². The van der Waals surface area contributed by atoms with E-state index in [4.69, 9.17) is 0 Å². The first-order valence-corrected chi connectivity index (χ1v) is 9.77. The number of amides is 4. The van der Waals surface area contributed by atoms with Gasteiger partial charge in [-0.15, -0.1) is 0 Å². The lowest BCUT2D eigenvalue weighted by Crippen LogP contribution is -2.50. The monoisotopic (exact) mass is 395 g/mol. The van der Waals surface area contributed by atoms with E-state index in [1.165, 1.54) is 0 Å². The lowest BCUT2D eigenvalue weighted by Gasteiger charge is -2.26. The second kappa shape index (κ2) is 7.36. The number of aryl methyl sites for hydroxylation is 1. The highest BCUT2D eigenvalue weighted by atomic mass is 16.2. The summed E-state index contributed by atoms with van der Waals surface area (Å²) >= 11 is 0. The molecule has 2 aliphatic rings. The second-order valence-corrected chi connectivity index (χ2v) is 7.77. The molecule has 8 nitrogen and oxygen atoms in total. The number of hydrogen-bond acceptors (Lipinski definition) is 4. The summed E-state index contributed by atoms with van der Waals surface area (Å²) in [6.45, 7) is 2.56. The Morgan fingerprint density at radius 2 is 1.97 bits per heavy atom. The first-order chi connectivity index (χ1) is 13.9. The highest BCUT2D eigenvalue weighted by Crippen LogP contribution is 2.31. The Kier molecular flexibility index (Phi) is 4.87. The van der Waals surface area contributed by atoms with E-state index in [1.54, 1.807) is 31.2 Å². The zero-order valence-corrected chi connectivity index (χ0v) is 16.6. The van der Waals surface area contributed by atoms with Gasteiger partial charge in [-0.2, -0.15) is 5.01 Å². The van der Waals surface area contributed by atoms with Crippen LogP contribution in [0.4, 0.5) is 4.79 Å². The molecule has 4 amide bonds. The molecule has 29 heavy (non-hydrogen) atoms. The van der Waals surface area contributed by atoms with E-state index in [9.17, 15) is 14.4 Å². The maximum Gasteiger partial charge on any atom is 0.344 e. The minimum atomic E-state index is -1.20. The Morgan fingerprint density at radius 3 is 2.66 bits per heavy atom. The number of urea groups is 1. The average molecular weight is 395 g/mol. The summed E-state index contributed by atoms with van der Waals surface area (Å²) in [5, 5.41) is 3.48. The maximum absolute atomic E-state index is 12.9. The molecule has 2 saturated heterocycles. The molecule has 0 unspecified atom stereocenters. The van der Waals surface area contributed by atoms with Crippen LogP contribution in [-0.2, 0) is 22.2 Å². The van der Waals surface area contributed by atoms with Crippen LogP contribution in [0.2, 0.25) is 0 Å². The number of imide groups is 1. The van der Waals surface area contributed by atoms with Gasteiger partial charge in [0.25, 0.3) is 11.8 Å². The number of carbonyl (C=O) groups is 3. The number of likely N-dealkylation sites (tertiary alicyclic amines) is 1. The number of carbonyl (C=O) groups excluding carboxylic acids is 3. The molecular formula is C21H25N5O3. The maximum atomic E-state index is 12.9. The zero-order valence-electron chi connectivity index (χ0n) is 16.6. The van der Waals surface area contributed by atoms with E-state index in [-0.39, 0.29) is 18.5 Å². The van der Waals surface area contributed by atoms with Gasteiger partial charge in [-0.25, -0.2) is 4.79 Å². The minimum Gasteiger partial charge on any atom is -0.353 e. The Hall–Kier alpha value is -3.13. The molecule has 2 aliphatic heterocycles. The van der Waals surface area contributed by atoms with Gasteiger partial charge in [0.15, 0.2) is 0 Å². The predicted molar refractivity (Wildman–Crippen MR) is 106 cm³/mol. The van der Waals surface area contributed by atoms with Crippen molar-refractivity contribution in [1.29, 1.82) is 0 Å². The number of nitrogens with zero attached hydrogens (tertiary/aromatic N) is 3. The fourth-order valence-electron chi connectivity index (χ4n) is 4.22.